The average Bonchev–Trinajstić information content (AvgIpc) is 2.97. The van der Waals surface area contributed by atoms with Crippen LogP contribution in [0.2, 0.25) is 0 Å². The average molecular weight is 328 g/mol. The Balaban J connectivity index is 1.73. The maximum atomic E-state index is 12.6. The van der Waals surface area contributed by atoms with Gasteiger partial charge >= 0.3 is 5.97 Å². The molecule has 24 heavy (non-hydrogen) atoms. The first-order valence-corrected chi connectivity index (χ1v) is 10.0. The largest absolute Gasteiger partial charge is 0.455 e. The van der Waals surface area contributed by atoms with Crippen molar-refractivity contribution in [2.24, 2.45) is 29.1 Å². The Kier molecular flexibility index (Phi) is 3.93. The lowest BCUT2D eigenvalue weighted by atomic mass is 9.49. The fourth-order valence-electron chi connectivity index (χ4n) is 6.88. The van der Waals surface area contributed by atoms with Gasteiger partial charge in [0.05, 0.1) is 0 Å². The molecule has 0 aromatic carbocycles. The Bertz CT molecular complexity index is 577. The number of carbonyl (C=O) groups excluding carboxylic acids is 1. The van der Waals surface area contributed by atoms with E-state index in [1.54, 1.807) is 6.92 Å². The summed E-state index contributed by atoms with van der Waals surface area (Å²) in [6.45, 7) is 8.11. The lowest BCUT2D eigenvalue weighted by molar-refractivity contribution is -0.213. The number of fused-ring (bicyclic) bond motifs is 5. The molecule has 0 amide bonds. The Morgan fingerprint density at radius 2 is 1.92 bits per heavy atom. The van der Waals surface area contributed by atoms with Gasteiger partial charge in [-0.3, -0.25) is 0 Å². The van der Waals surface area contributed by atoms with E-state index in [1.165, 1.54) is 51.4 Å². The lowest BCUT2D eigenvalue weighted by Crippen LogP contribution is -2.61. The highest BCUT2D eigenvalue weighted by Gasteiger charge is 2.63. The van der Waals surface area contributed by atoms with Crippen molar-refractivity contribution >= 4 is 5.97 Å². The van der Waals surface area contributed by atoms with E-state index in [0.717, 1.165) is 12.3 Å². The van der Waals surface area contributed by atoms with Crippen molar-refractivity contribution in [2.75, 3.05) is 0 Å². The molecule has 3 saturated carbocycles. The van der Waals surface area contributed by atoms with Crippen LogP contribution in [0.25, 0.3) is 0 Å². The maximum Gasteiger partial charge on any atom is 0.333 e. The number of hydrogen-bond acceptors (Lipinski definition) is 2. The maximum absolute atomic E-state index is 12.6. The van der Waals surface area contributed by atoms with Gasteiger partial charge in [-0.1, -0.05) is 32.1 Å². The topological polar surface area (TPSA) is 26.3 Å². The molecular formula is C22H32O2. The molecule has 0 aliphatic heterocycles. The molecule has 4 aliphatic carbocycles. The van der Waals surface area contributed by atoms with Crippen LogP contribution >= 0.6 is 0 Å². The molecule has 6 atom stereocenters. The van der Waals surface area contributed by atoms with E-state index in [4.69, 9.17) is 4.74 Å². The number of rotatable bonds is 2. The molecule has 0 spiro atoms. The standard InChI is InChI=1S/C22H32O2/c1-15(2)20(23)24-22-14-10-16-7-4-5-8-17(16)18(22)11-13-21(3)12-6-9-19(21)22/h4-5,16-19H,1,6-14H2,2-3H3/t16?,17-,18+,19+,21-,22?/m0/s1. The lowest BCUT2D eigenvalue weighted by Gasteiger charge is -2.60. The Morgan fingerprint density at radius 3 is 2.71 bits per heavy atom. The molecule has 0 aromatic rings. The van der Waals surface area contributed by atoms with Crippen LogP contribution in [0.4, 0.5) is 0 Å². The Labute approximate surface area is 146 Å². The third kappa shape index (κ3) is 2.32. The molecule has 4 rings (SSSR count). The second kappa shape index (κ2) is 5.75. The minimum Gasteiger partial charge on any atom is -0.455 e. The number of carbonyl (C=O) groups is 1. The van der Waals surface area contributed by atoms with Gasteiger partial charge < -0.3 is 4.74 Å². The second-order valence-corrected chi connectivity index (χ2v) is 9.27. The summed E-state index contributed by atoms with van der Waals surface area (Å²) in [7, 11) is 0. The smallest absolute Gasteiger partial charge is 0.333 e. The van der Waals surface area contributed by atoms with Gasteiger partial charge in [-0.15, -0.1) is 0 Å². The van der Waals surface area contributed by atoms with Gasteiger partial charge in [0, 0.05) is 17.4 Å². The highest BCUT2D eigenvalue weighted by molar-refractivity contribution is 5.87. The Hall–Kier alpha value is -1.05. The summed E-state index contributed by atoms with van der Waals surface area (Å²) in [4.78, 5) is 12.6. The third-order valence-corrected chi connectivity index (χ3v) is 8.00. The zero-order valence-electron chi connectivity index (χ0n) is 15.4. The van der Waals surface area contributed by atoms with Gasteiger partial charge in [0.2, 0.25) is 0 Å². The zero-order chi connectivity index (χ0) is 16.9. The molecule has 2 unspecified atom stereocenters. The van der Waals surface area contributed by atoms with Crippen LogP contribution in [0.1, 0.15) is 71.6 Å². The molecule has 0 aromatic heterocycles. The quantitative estimate of drug-likeness (QED) is 0.383. The number of ether oxygens (including phenoxy) is 1. The van der Waals surface area contributed by atoms with Gasteiger partial charge in [0.25, 0.3) is 0 Å². The predicted molar refractivity (Wildman–Crippen MR) is 96.4 cm³/mol. The van der Waals surface area contributed by atoms with E-state index in [0.29, 0.717) is 28.7 Å². The summed E-state index contributed by atoms with van der Waals surface area (Å²) >= 11 is 0. The fraction of sp³-hybridized carbons (Fsp3) is 0.773. The molecule has 0 N–H and O–H groups in total. The summed E-state index contributed by atoms with van der Waals surface area (Å²) in [6, 6.07) is 0. The van der Waals surface area contributed by atoms with E-state index in [1.807, 2.05) is 0 Å². The monoisotopic (exact) mass is 328 g/mol. The SMILES string of the molecule is C=C(C)C(=O)OC12CCC3CC=CC[C@@H]3[C@H]1CC[C@]1(C)CCC[C@@H]21. The van der Waals surface area contributed by atoms with Gasteiger partial charge in [-0.25, -0.2) is 4.79 Å². The van der Waals surface area contributed by atoms with Crippen molar-refractivity contribution in [1.29, 1.82) is 0 Å². The van der Waals surface area contributed by atoms with Gasteiger partial charge in [-0.2, -0.15) is 0 Å². The molecule has 0 saturated heterocycles. The van der Waals surface area contributed by atoms with Crippen LogP contribution < -0.4 is 0 Å². The normalized spacial score (nSPS) is 46.6. The van der Waals surface area contributed by atoms with Crippen molar-refractivity contribution in [2.45, 2.75) is 77.2 Å². The van der Waals surface area contributed by atoms with Crippen molar-refractivity contribution in [3.8, 4) is 0 Å². The van der Waals surface area contributed by atoms with Crippen molar-refractivity contribution in [3.05, 3.63) is 24.3 Å². The molecule has 0 bridgehead atoms. The molecular weight excluding hydrogens is 296 g/mol. The first-order chi connectivity index (χ1) is 11.5. The first kappa shape index (κ1) is 16.4. The van der Waals surface area contributed by atoms with Gasteiger partial charge in [-0.05, 0) is 75.5 Å². The van der Waals surface area contributed by atoms with Gasteiger partial charge in [0.15, 0.2) is 0 Å². The molecule has 3 fully saturated rings. The summed E-state index contributed by atoms with van der Waals surface area (Å²) < 4.78 is 6.41. The molecule has 4 aliphatic rings. The third-order valence-electron chi connectivity index (χ3n) is 8.00. The van der Waals surface area contributed by atoms with E-state index < -0.39 is 0 Å². The first-order valence-electron chi connectivity index (χ1n) is 10.0. The molecule has 0 radical (unpaired) electrons. The Morgan fingerprint density at radius 1 is 1.12 bits per heavy atom. The number of hydrogen-bond donors (Lipinski definition) is 0. The predicted octanol–water partition coefficient (Wildman–Crippen LogP) is 5.44. The van der Waals surface area contributed by atoms with Crippen LogP contribution in [0.3, 0.4) is 0 Å². The zero-order valence-corrected chi connectivity index (χ0v) is 15.4. The van der Waals surface area contributed by atoms with Crippen molar-refractivity contribution < 1.29 is 9.53 Å². The summed E-state index contributed by atoms with van der Waals surface area (Å²) in [5.74, 6) is 2.48. The van der Waals surface area contributed by atoms with Crippen LogP contribution in [0.5, 0.6) is 0 Å². The molecule has 2 nitrogen and oxygen atoms in total. The van der Waals surface area contributed by atoms with E-state index in [9.17, 15) is 4.79 Å². The van der Waals surface area contributed by atoms with E-state index >= 15 is 0 Å². The van der Waals surface area contributed by atoms with E-state index in [2.05, 4.69) is 25.7 Å². The van der Waals surface area contributed by atoms with Crippen molar-refractivity contribution in [1.82, 2.24) is 0 Å². The summed E-state index contributed by atoms with van der Waals surface area (Å²) in [6.07, 6.45) is 15.9. The minimum atomic E-state index is -0.216. The molecule has 132 valence electrons. The number of esters is 1. The summed E-state index contributed by atoms with van der Waals surface area (Å²) in [5, 5.41) is 0. The van der Waals surface area contributed by atoms with Gasteiger partial charge in [0.1, 0.15) is 5.60 Å². The summed E-state index contributed by atoms with van der Waals surface area (Å²) in [5.41, 5.74) is 0.716. The number of allylic oxidation sites excluding steroid dienone is 2. The van der Waals surface area contributed by atoms with Crippen LogP contribution in [0, 0.1) is 29.1 Å². The van der Waals surface area contributed by atoms with Crippen LogP contribution in [-0.2, 0) is 9.53 Å². The second-order valence-electron chi connectivity index (χ2n) is 9.27. The van der Waals surface area contributed by atoms with Crippen molar-refractivity contribution in [3.63, 3.8) is 0 Å². The molecule has 0 heterocycles. The highest BCUT2D eigenvalue weighted by atomic mass is 16.6. The molecule has 2 heteroatoms. The fourth-order valence-corrected chi connectivity index (χ4v) is 6.88. The van der Waals surface area contributed by atoms with Crippen LogP contribution in [0.15, 0.2) is 24.3 Å². The van der Waals surface area contributed by atoms with E-state index in [-0.39, 0.29) is 11.6 Å². The highest BCUT2D eigenvalue weighted by Crippen LogP contribution is 2.65. The minimum absolute atomic E-state index is 0.152. The van der Waals surface area contributed by atoms with Crippen LogP contribution in [-0.4, -0.2) is 11.6 Å².